The highest BCUT2D eigenvalue weighted by atomic mass is 16.7. The fraction of sp³-hybridized carbons (Fsp3) is 1.00. The molecule has 1 heterocycles. The van der Waals surface area contributed by atoms with Crippen molar-refractivity contribution in [2.45, 2.75) is 13.8 Å². The van der Waals surface area contributed by atoms with E-state index in [0.717, 1.165) is 0 Å². The van der Waals surface area contributed by atoms with E-state index in [4.69, 9.17) is 14.3 Å². The molecule has 0 aromatic carbocycles. The lowest BCUT2D eigenvalue weighted by atomic mass is 9.95. The van der Waals surface area contributed by atoms with E-state index in [1.165, 1.54) is 0 Å². The van der Waals surface area contributed by atoms with E-state index in [2.05, 4.69) is 13.8 Å². The minimum atomic E-state index is -0.991. The van der Waals surface area contributed by atoms with Crippen LogP contribution in [0, 0.1) is 11.8 Å². The van der Waals surface area contributed by atoms with Crippen LogP contribution in [0.1, 0.15) is 13.8 Å². The monoisotopic (exact) mass is 144 g/mol. The second-order valence-electron chi connectivity index (χ2n) is 2.98. The van der Waals surface area contributed by atoms with Gasteiger partial charge in [-0.3, -0.25) is 0 Å². The van der Waals surface area contributed by atoms with Crippen molar-refractivity contribution in [1.29, 1.82) is 0 Å². The van der Waals surface area contributed by atoms with Crippen LogP contribution in [-0.4, -0.2) is 25.6 Å². The van der Waals surface area contributed by atoms with Gasteiger partial charge in [-0.05, 0) is 5.92 Å². The lowest BCUT2D eigenvalue weighted by Gasteiger charge is -2.26. The molecule has 1 fully saturated rings. The Labute approximate surface area is 61.5 Å². The van der Waals surface area contributed by atoms with Crippen molar-refractivity contribution in [3.63, 3.8) is 0 Å². The first-order valence-corrected chi connectivity index (χ1v) is 3.61. The Morgan fingerprint density at radius 1 is 1.40 bits per heavy atom. The summed E-state index contributed by atoms with van der Waals surface area (Å²) in [5.74, 6) is 0.996. The molecule has 0 aliphatic carbocycles. The van der Waals surface area contributed by atoms with E-state index in [1.807, 2.05) is 0 Å². The molecular formula is C6H13BO3. The number of hydrogen-bond donors (Lipinski definition) is 1. The van der Waals surface area contributed by atoms with Crippen LogP contribution in [0.2, 0.25) is 0 Å². The molecule has 1 aliphatic heterocycles. The van der Waals surface area contributed by atoms with Gasteiger partial charge in [-0.25, -0.2) is 0 Å². The third-order valence-electron chi connectivity index (χ3n) is 1.85. The zero-order valence-corrected chi connectivity index (χ0v) is 6.41. The molecule has 0 saturated carbocycles. The predicted octanol–water partition coefficient (Wildman–Crippen LogP) is 0.283. The maximum atomic E-state index is 8.76. The van der Waals surface area contributed by atoms with Crippen LogP contribution >= 0.6 is 0 Å². The van der Waals surface area contributed by atoms with Crippen molar-refractivity contribution in [2.24, 2.45) is 11.8 Å². The fourth-order valence-corrected chi connectivity index (χ4v) is 0.893. The van der Waals surface area contributed by atoms with Crippen molar-refractivity contribution in [3.05, 3.63) is 0 Å². The summed E-state index contributed by atoms with van der Waals surface area (Å²) in [5.41, 5.74) is 0. The van der Waals surface area contributed by atoms with Crippen molar-refractivity contribution in [2.75, 3.05) is 13.2 Å². The SMILES string of the molecule is CC(C)C1COB(O)OC1. The van der Waals surface area contributed by atoms with Crippen molar-refractivity contribution in [1.82, 2.24) is 0 Å². The third-order valence-corrected chi connectivity index (χ3v) is 1.85. The Hall–Kier alpha value is -0.0551. The first-order chi connectivity index (χ1) is 4.70. The highest BCUT2D eigenvalue weighted by Gasteiger charge is 2.27. The van der Waals surface area contributed by atoms with E-state index in [1.54, 1.807) is 0 Å². The average molecular weight is 144 g/mol. The molecule has 10 heavy (non-hydrogen) atoms. The molecule has 0 atom stereocenters. The molecule has 0 amide bonds. The van der Waals surface area contributed by atoms with Gasteiger partial charge in [0.25, 0.3) is 0 Å². The van der Waals surface area contributed by atoms with E-state index >= 15 is 0 Å². The van der Waals surface area contributed by atoms with Crippen LogP contribution in [0.15, 0.2) is 0 Å². The topological polar surface area (TPSA) is 38.7 Å². The van der Waals surface area contributed by atoms with Gasteiger partial charge in [0, 0.05) is 19.1 Å². The molecule has 1 rings (SSSR count). The van der Waals surface area contributed by atoms with Gasteiger partial charge in [0.2, 0.25) is 0 Å². The second kappa shape index (κ2) is 3.37. The van der Waals surface area contributed by atoms with Crippen LogP contribution in [0.4, 0.5) is 0 Å². The molecule has 0 aromatic rings. The summed E-state index contributed by atoms with van der Waals surface area (Å²) in [6, 6.07) is 0. The summed E-state index contributed by atoms with van der Waals surface area (Å²) in [5, 5.41) is 8.76. The van der Waals surface area contributed by atoms with Crippen LogP contribution < -0.4 is 0 Å². The Bertz CT molecular complexity index is 99.2. The predicted molar refractivity (Wildman–Crippen MR) is 38.2 cm³/mol. The molecule has 0 spiro atoms. The van der Waals surface area contributed by atoms with Crippen LogP contribution in [0.5, 0.6) is 0 Å². The van der Waals surface area contributed by atoms with Crippen LogP contribution in [0.3, 0.4) is 0 Å². The Morgan fingerprint density at radius 2 is 1.90 bits per heavy atom. The van der Waals surface area contributed by atoms with E-state index in [0.29, 0.717) is 25.0 Å². The van der Waals surface area contributed by atoms with Gasteiger partial charge in [0.15, 0.2) is 0 Å². The Balaban J connectivity index is 2.26. The van der Waals surface area contributed by atoms with Gasteiger partial charge in [-0.15, -0.1) is 0 Å². The molecule has 1 N–H and O–H groups in total. The van der Waals surface area contributed by atoms with Crippen molar-refractivity contribution < 1.29 is 14.3 Å². The summed E-state index contributed by atoms with van der Waals surface area (Å²) < 4.78 is 9.77. The molecule has 1 aliphatic rings. The highest BCUT2D eigenvalue weighted by molar-refractivity contribution is 6.34. The van der Waals surface area contributed by atoms with E-state index < -0.39 is 7.32 Å². The maximum absolute atomic E-state index is 8.76. The molecule has 0 bridgehead atoms. The summed E-state index contributed by atoms with van der Waals surface area (Å²) >= 11 is 0. The summed E-state index contributed by atoms with van der Waals surface area (Å²) in [7, 11) is -0.991. The van der Waals surface area contributed by atoms with Crippen LogP contribution in [-0.2, 0) is 9.31 Å². The third kappa shape index (κ3) is 1.97. The molecule has 0 unspecified atom stereocenters. The number of hydrogen-bond acceptors (Lipinski definition) is 3. The average Bonchev–Trinajstić information content (AvgIpc) is 1.88. The van der Waals surface area contributed by atoms with Crippen LogP contribution in [0.25, 0.3) is 0 Å². The standard InChI is InChI=1S/C6H13BO3/c1-5(2)6-3-9-7(8)10-4-6/h5-6,8H,3-4H2,1-2H3. The zero-order valence-electron chi connectivity index (χ0n) is 6.41. The van der Waals surface area contributed by atoms with Gasteiger partial charge >= 0.3 is 7.32 Å². The maximum Gasteiger partial charge on any atom is 0.636 e. The lowest BCUT2D eigenvalue weighted by Crippen LogP contribution is -2.37. The van der Waals surface area contributed by atoms with Gasteiger partial charge in [-0.1, -0.05) is 13.8 Å². The smallest absolute Gasteiger partial charge is 0.402 e. The molecule has 0 aromatic heterocycles. The van der Waals surface area contributed by atoms with Gasteiger partial charge < -0.3 is 14.3 Å². The molecule has 1 saturated heterocycles. The summed E-state index contributed by atoms with van der Waals surface area (Å²) in [4.78, 5) is 0. The Morgan fingerprint density at radius 3 is 2.30 bits per heavy atom. The fourth-order valence-electron chi connectivity index (χ4n) is 0.893. The lowest BCUT2D eigenvalue weighted by molar-refractivity contribution is 0.0218. The first kappa shape index (κ1) is 8.05. The van der Waals surface area contributed by atoms with Gasteiger partial charge in [-0.2, -0.15) is 0 Å². The van der Waals surface area contributed by atoms with Gasteiger partial charge in [0.05, 0.1) is 0 Å². The summed E-state index contributed by atoms with van der Waals surface area (Å²) in [6.07, 6.45) is 0. The first-order valence-electron chi connectivity index (χ1n) is 3.61. The second-order valence-corrected chi connectivity index (χ2v) is 2.98. The molecule has 3 nitrogen and oxygen atoms in total. The molecular weight excluding hydrogens is 131 g/mol. The van der Waals surface area contributed by atoms with Crippen molar-refractivity contribution >= 4 is 7.32 Å². The van der Waals surface area contributed by atoms with E-state index in [-0.39, 0.29) is 0 Å². The molecule has 4 heteroatoms. The van der Waals surface area contributed by atoms with Crippen molar-refractivity contribution in [3.8, 4) is 0 Å². The van der Waals surface area contributed by atoms with E-state index in [9.17, 15) is 0 Å². The Kier molecular flexibility index (Phi) is 2.71. The minimum absolute atomic E-state index is 0.434. The largest absolute Gasteiger partial charge is 0.636 e. The molecule has 58 valence electrons. The number of rotatable bonds is 1. The van der Waals surface area contributed by atoms with Gasteiger partial charge in [0.1, 0.15) is 0 Å². The highest BCUT2D eigenvalue weighted by Crippen LogP contribution is 2.15. The normalized spacial score (nSPS) is 22.2. The summed E-state index contributed by atoms with van der Waals surface area (Å²) in [6.45, 7) is 5.46. The minimum Gasteiger partial charge on any atom is -0.402 e. The zero-order chi connectivity index (χ0) is 7.56. The quantitative estimate of drug-likeness (QED) is 0.537. The molecule has 0 radical (unpaired) electrons.